The second-order valence-corrected chi connectivity index (χ2v) is 4.55. The minimum absolute atomic E-state index is 0.543. The van der Waals surface area contributed by atoms with Crippen LogP contribution in [0.25, 0.3) is 0 Å². The molecule has 2 unspecified atom stereocenters. The third kappa shape index (κ3) is 1.47. The van der Waals surface area contributed by atoms with Crippen LogP contribution in [-0.4, -0.2) is 32.3 Å². The summed E-state index contributed by atoms with van der Waals surface area (Å²) in [4.78, 5) is 2.48. The number of likely N-dealkylation sites (N-methyl/N-ethyl adjacent to an activating group) is 1. The Labute approximate surface area is 96.4 Å². The third-order valence-corrected chi connectivity index (χ3v) is 3.67. The lowest BCUT2D eigenvalue weighted by atomic mass is 10.0. The number of hydrogen-bond donors (Lipinski definition) is 1. The zero-order valence-electron chi connectivity index (χ0n) is 9.65. The fourth-order valence-electron chi connectivity index (χ4n) is 2.82. The summed E-state index contributed by atoms with van der Waals surface area (Å²) in [5.74, 6) is 0.618. The highest BCUT2D eigenvalue weighted by molar-refractivity contribution is 5.71. The number of ether oxygens (including phenoxy) is 1. The number of para-hydroxylation sites is 2. The predicted molar refractivity (Wildman–Crippen MR) is 66.0 cm³/mol. The molecule has 3 nitrogen and oxygen atoms in total. The molecule has 3 rings (SSSR count). The van der Waals surface area contributed by atoms with E-state index in [1.807, 2.05) is 0 Å². The first-order valence-electron chi connectivity index (χ1n) is 6.07. The molecule has 2 aliphatic rings. The molecule has 0 aliphatic carbocycles. The molecule has 1 fully saturated rings. The molecule has 1 saturated heterocycles. The van der Waals surface area contributed by atoms with Crippen LogP contribution in [0.5, 0.6) is 0 Å². The fraction of sp³-hybridized carbons (Fsp3) is 0.538. The fourth-order valence-corrected chi connectivity index (χ4v) is 2.82. The monoisotopic (exact) mass is 218 g/mol. The van der Waals surface area contributed by atoms with Crippen molar-refractivity contribution in [1.82, 2.24) is 0 Å². The van der Waals surface area contributed by atoms with E-state index in [1.165, 1.54) is 11.4 Å². The zero-order valence-corrected chi connectivity index (χ0v) is 9.65. The van der Waals surface area contributed by atoms with Crippen LogP contribution in [0.15, 0.2) is 24.3 Å². The van der Waals surface area contributed by atoms with Gasteiger partial charge in [0.25, 0.3) is 0 Å². The van der Waals surface area contributed by atoms with Gasteiger partial charge < -0.3 is 15.0 Å². The van der Waals surface area contributed by atoms with Crippen molar-refractivity contribution in [2.45, 2.75) is 13.0 Å². The highest BCUT2D eigenvalue weighted by atomic mass is 16.5. The Morgan fingerprint density at radius 3 is 3.12 bits per heavy atom. The maximum absolute atomic E-state index is 5.61. The number of rotatable bonds is 1. The van der Waals surface area contributed by atoms with Crippen LogP contribution >= 0.6 is 0 Å². The van der Waals surface area contributed by atoms with E-state index in [2.05, 4.69) is 41.4 Å². The standard InChI is InChI=1S/C13H18N2O/c1-2-15-12-6-4-3-5-11(12)14-7-10-8-16-9-13(10)15/h3-6,10,13-14H,2,7-9H2,1H3. The normalized spacial score (nSPS) is 27.9. The molecule has 0 spiro atoms. The number of hydrogen-bond acceptors (Lipinski definition) is 3. The lowest BCUT2D eigenvalue weighted by molar-refractivity contribution is 0.185. The molecule has 0 amide bonds. The van der Waals surface area contributed by atoms with Gasteiger partial charge in [0.1, 0.15) is 0 Å². The van der Waals surface area contributed by atoms with Crippen LogP contribution in [0.4, 0.5) is 11.4 Å². The number of nitrogens with zero attached hydrogens (tertiary/aromatic N) is 1. The van der Waals surface area contributed by atoms with Gasteiger partial charge in [-0.2, -0.15) is 0 Å². The molecule has 86 valence electrons. The Balaban J connectivity index is 2.01. The third-order valence-electron chi connectivity index (χ3n) is 3.67. The summed E-state index contributed by atoms with van der Waals surface area (Å²) in [5.41, 5.74) is 2.58. The van der Waals surface area contributed by atoms with Crippen LogP contribution in [0, 0.1) is 5.92 Å². The Kier molecular flexibility index (Phi) is 2.48. The molecule has 1 aromatic carbocycles. The van der Waals surface area contributed by atoms with Gasteiger partial charge in [-0.1, -0.05) is 12.1 Å². The first-order chi connectivity index (χ1) is 7.90. The van der Waals surface area contributed by atoms with Gasteiger partial charge in [-0.25, -0.2) is 0 Å². The first-order valence-corrected chi connectivity index (χ1v) is 6.07. The molecule has 2 atom stereocenters. The summed E-state index contributed by atoms with van der Waals surface area (Å²) in [5, 5.41) is 3.54. The van der Waals surface area contributed by atoms with Crippen molar-refractivity contribution >= 4 is 11.4 Å². The molecule has 2 heterocycles. The second-order valence-electron chi connectivity index (χ2n) is 4.55. The van der Waals surface area contributed by atoms with E-state index < -0.39 is 0 Å². The highest BCUT2D eigenvalue weighted by Gasteiger charge is 2.35. The summed E-state index contributed by atoms with van der Waals surface area (Å²) >= 11 is 0. The quantitative estimate of drug-likeness (QED) is 0.779. The first kappa shape index (κ1) is 9.97. The summed E-state index contributed by atoms with van der Waals surface area (Å²) in [7, 11) is 0. The Bertz CT molecular complexity index is 380. The molecule has 0 saturated carbocycles. The lowest BCUT2D eigenvalue weighted by Crippen LogP contribution is -2.40. The molecule has 1 aromatic rings. The van der Waals surface area contributed by atoms with Crippen molar-refractivity contribution < 1.29 is 4.74 Å². The van der Waals surface area contributed by atoms with E-state index in [-0.39, 0.29) is 0 Å². The second kappa shape index (κ2) is 3.98. The largest absolute Gasteiger partial charge is 0.383 e. The van der Waals surface area contributed by atoms with Crippen molar-refractivity contribution in [3.05, 3.63) is 24.3 Å². The van der Waals surface area contributed by atoms with Gasteiger partial charge in [0.2, 0.25) is 0 Å². The maximum atomic E-state index is 5.61. The van der Waals surface area contributed by atoms with Gasteiger partial charge in [0.15, 0.2) is 0 Å². The summed E-state index contributed by atoms with van der Waals surface area (Å²) < 4.78 is 5.61. The predicted octanol–water partition coefficient (Wildman–Crippen LogP) is 1.95. The Morgan fingerprint density at radius 2 is 2.25 bits per heavy atom. The molecule has 1 N–H and O–H groups in total. The van der Waals surface area contributed by atoms with Crippen molar-refractivity contribution in [2.75, 3.05) is 36.5 Å². The van der Waals surface area contributed by atoms with E-state index in [0.717, 1.165) is 26.3 Å². The average molecular weight is 218 g/mol. The van der Waals surface area contributed by atoms with E-state index in [4.69, 9.17) is 4.74 Å². The van der Waals surface area contributed by atoms with Gasteiger partial charge >= 0.3 is 0 Å². The Hall–Kier alpha value is -1.22. The van der Waals surface area contributed by atoms with Crippen molar-refractivity contribution in [3.63, 3.8) is 0 Å². The van der Waals surface area contributed by atoms with Crippen LogP contribution in [0.3, 0.4) is 0 Å². The topological polar surface area (TPSA) is 24.5 Å². The summed E-state index contributed by atoms with van der Waals surface area (Å²) in [6, 6.07) is 9.12. The van der Waals surface area contributed by atoms with Gasteiger partial charge in [0, 0.05) is 19.0 Å². The maximum Gasteiger partial charge on any atom is 0.0674 e. The number of fused-ring (bicyclic) bond motifs is 2. The van der Waals surface area contributed by atoms with Crippen LogP contribution in [0.2, 0.25) is 0 Å². The molecular weight excluding hydrogens is 200 g/mol. The van der Waals surface area contributed by atoms with Gasteiger partial charge in [-0.3, -0.25) is 0 Å². The van der Waals surface area contributed by atoms with Gasteiger partial charge in [-0.15, -0.1) is 0 Å². The molecular formula is C13H18N2O. The SMILES string of the molecule is CCN1c2ccccc2NCC2COCC21. The lowest BCUT2D eigenvalue weighted by Gasteiger charge is -2.30. The summed E-state index contributed by atoms with van der Waals surface area (Å²) in [6.45, 7) is 6.05. The van der Waals surface area contributed by atoms with Crippen LogP contribution in [-0.2, 0) is 4.74 Å². The van der Waals surface area contributed by atoms with Crippen LogP contribution in [0.1, 0.15) is 6.92 Å². The minimum atomic E-state index is 0.543. The van der Waals surface area contributed by atoms with Crippen LogP contribution < -0.4 is 10.2 Å². The van der Waals surface area contributed by atoms with E-state index >= 15 is 0 Å². The number of nitrogens with one attached hydrogen (secondary N) is 1. The van der Waals surface area contributed by atoms with E-state index in [0.29, 0.717) is 12.0 Å². The van der Waals surface area contributed by atoms with E-state index in [9.17, 15) is 0 Å². The highest BCUT2D eigenvalue weighted by Crippen LogP contribution is 2.34. The molecule has 0 bridgehead atoms. The average Bonchev–Trinajstić information content (AvgIpc) is 2.72. The number of anilines is 2. The smallest absolute Gasteiger partial charge is 0.0674 e. The molecule has 3 heteroatoms. The van der Waals surface area contributed by atoms with E-state index in [1.54, 1.807) is 0 Å². The molecule has 2 aliphatic heterocycles. The minimum Gasteiger partial charge on any atom is -0.383 e. The molecule has 0 radical (unpaired) electrons. The van der Waals surface area contributed by atoms with Crippen molar-refractivity contribution in [2.24, 2.45) is 5.92 Å². The van der Waals surface area contributed by atoms with Crippen molar-refractivity contribution in [3.8, 4) is 0 Å². The molecule has 0 aromatic heterocycles. The molecule has 16 heavy (non-hydrogen) atoms. The number of benzene rings is 1. The van der Waals surface area contributed by atoms with Gasteiger partial charge in [0.05, 0.1) is 30.6 Å². The summed E-state index contributed by atoms with van der Waals surface area (Å²) in [6.07, 6.45) is 0. The Morgan fingerprint density at radius 1 is 1.38 bits per heavy atom. The van der Waals surface area contributed by atoms with Crippen molar-refractivity contribution in [1.29, 1.82) is 0 Å². The zero-order chi connectivity index (χ0) is 11.0. The van der Waals surface area contributed by atoms with Gasteiger partial charge in [-0.05, 0) is 19.1 Å².